The third kappa shape index (κ3) is 3.35. The molecule has 3 rings (SSSR count). The number of anilines is 1. The van der Waals surface area contributed by atoms with E-state index in [0.29, 0.717) is 6.42 Å². The molecule has 0 aliphatic heterocycles. The van der Waals surface area contributed by atoms with E-state index in [1.54, 1.807) is 0 Å². The summed E-state index contributed by atoms with van der Waals surface area (Å²) in [5.74, 6) is 0.0795. The Morgan fingerprint density at radius 1 is 0.958 bits per heavy atom. The van der Waals surface area contributed by atoms with E-state index in [-0.39, 0.29) is 5.91 Å². The van der Waals surface area contributed by atoms with Gasteiger partial charge in [0.25, 0.3) is 0 Å². The number of carbonyl (C=O) groups is 1. The van der Waals surface area contributed by atoms with Crippen LogP contribution in [-0.4, -0.2) is 10.9 Å². The number of benzene rings is 2. The predicted octanol–water partition coefficient (Wildman–Crippen LogP) is 4.86. The average molecular weight is 320 g/mol. The van der Waals surface area contributed by atoms with Gasteiger partial charge in [-0.3, -0.25) is 4.79 Å². The summed E-state index contributed by atoms with van der Waals surface area (Å²) < 4.78 is 0. The van der Waals surface area contributed by atoms with Gasteiger partial charge in [0, 0.05) is 29.2 Å². The molecular formula is C21H24N2O. The molecule has 0 bridgehead atoms. The van der Waals surface area contributed by atoms with Crippen molar-refractivity contribution >= 4 is 22.5 Å². The molecule has 2 N–H and O–H groups in total. The molecule has 0 spiro atoms. The molecule has 0 unspecified atom stereocenters. The highest BCUT2D eigenvalue weighted by Crippen LogP contribution is 2.23. The van der Waals surface area contributed by atoms with Crippen LogP contribution in [0.4, 0.5) is 5.69 Å². The summed E-state index contributed by atoms with van der Waals surface area (Å²) in [6.45, 7) is 4.24. The van der Waals surface area contributed by atoms with E-state index in [1.165, 1.54) is 22.1 Å². The molecule has 124 valence electrons. The zero-order chi connectivity index (χ0) is 16.9. The van der Waals surface area contributed by atoms with Gasteiger partial charge in [0.15, 0.2) is 0 Å². The van der Waals surface area contributed by atoms with Gasteiger partial charge in [0.05, 0.1) is 0 Å². The lowest BCUT2D eigenvalue weighted by molar-refractivity contribution is -0.116. The molecule has 0 aliphatic rings. The molecule has 1 amide bonds. The Labute approximate surface area is 143 Å². The molecule has 2 aromatic carbocycles. The Balaban J connectivity index is 1.70. The smallest absolute Gasteiger partial charge is 0.224 e. The van der Waals surface area contributed by atoms with Crippen LogP contribution in [0, 0.1) is 0 Å². The fourth-order valence-electron chi connectivity index (χ4n) is 3.19. The van der Waals surface area contributed by atoms with Crippen molar-refractivity contribution in [3.8, 4) is 0 Å². The van der Waals surface area contributed by atoms with Crippen molar-refractivity contribution in [1.29, 1.82) is 0 Å². The lowest BCUT2D eigenvalue weighted by Gasteiger charge is -2.14. The van der Waals surface area contributed by atoms with Crippen molar-refractivity contribution < 1.29 is 4.79 Å². The second-order valence-electron chi connectivity index (χ2n) is 6.07. The molecule has 0 saturated carbocycles. The van der Waals surface area contributed by atoms with E-state index < -0.39 is 0 Å². The van der Waals surface area contributed by atoms with Gasteiger partial charge in [-0.15, -0.1) is 0 Å². The first kappa shape index (κ1) is 16.3. The number of carbonyl (C=O) groups excluding carboxylic acids is 1. The van der Waals surface area contributed by atoms with E-state index >= 15 is 0 Å². The van der Waals surface area contributed by atoms with Gasteiger partial charge in [0.1, 0.15) is 0 Å². The Morgan fingerprint density at radius 3 is 2.38 bits per heavy atom. The molecular weight excluding hydrogens is 296 g/mol. The van der Waals surface area contributed by atoms with Crippen LogP contribution in [0.25, 0.3) is 10.9 Å². The standard InChI is InChI=1S/C21H24N2O/c1-3-15-8-7-9-16(4-2)21(15)23-20(24)13-12-17-14-22-19-11-6-5-10-18(17)19/h5-11,14,22H,3-4,12-13H2,1-2H3,(H,23,24). The molecule has 0 atom stereocenters. The average Bonchev–Trinajstić information content (AvgIpc) is 3.03. The van der Waals surface area contributed by atoms with Gasteiger partial charge in [0.2, 0.25) is 5.91 Å². The SMILES string of the molecule is CCc1cccc(CC)c1NC(=O)CCc1c[nH]c2ccccc12. The zero-order valence-electron chi connectivity index (χ0n) is 14.4. The van der Waals surface area contributed by atoms with E-state index in [4.69, 9.17) is 0 Å². The number of H-pyrrole nitrogens is 1. The van der Waals surface area contributed by atoms with Crippen LogP contribution in [0.1, 0.15) is 37.0 Å². The Morgan fingerprint density at radius 2 is 1.67 bits per heavy atom. The molecule has 0 fully saturated rings. The third-order valence-electron chi connectivity index (χ3n) is 4.56. The van der Waals surface area contributed by atoms with Crippen molar-refractivity contribution in [3.63, 3.8) is 0 Å². The van der Waals surface area contributed by atoms with Gasteiger partial charge in [-0.05, 0) is 42.0 Å². The molecule has 1 heterocycles. The molecule has 0 aliphatic carbocycles. The summed E-state index contributed by atoms with van der Waals surface area (Å²) in [5, 5.41) is 4.34. The third-order valence-corrected chi connectivity index (χ3v) is 4.56. The number of aromatic amines is 1. The van der Waals surface area contributed by atoms with Crippen molar-refractivity contribution in [2.75, 3.05) is 5.32 Å². The number of rotatable bonds is 6. The molecule has 3 heteroatoms. The number of nitrogens with one attached hydrogen (secondary N) is 2. The highest BCUT2D eigenvalue weighted by Gasteiger charge is 2.11. The number of aromatic nitrogens is 1. The second kappa shape index (κ2) is 7.35. The normalized spacial score (nSPS) is 10.9. The minimum Gasteiger partial charge on any atom is -0.361 e. The highest BCUT2D eigenvalue weighted by atomic mass is 16.1. The topological polar surface area (TPSA) is 44.9 Å². The van der Waals surface area contributed by atoms with Crippen LogP contribution in [0.15, 0.2) is 48.7 Å². The second-order valence-corrected chi connectivity index (χ2v) is 6.07. The van der Waals surface area contributed by atoms with Gasteiger partial charge >= 0.3 is 0 Å². The Kier molecular flexibility index (Phi) is 4.99. The molecule has 3 nitrogen and oxygen atoms in total. The number of amides is 1. The first-order valence-electron chi connectivity index (χ1n) is 8.68. The summed E-state index contributed by atoms with van der Waals surface area (Å²) in [6.07, 6.45) is 5.09. The Bertz CT molecular complexity index is 826. The van der Waals surface area contributed by atoms with Crippen molar-refractivity contribution in [1.82, 2.24) is 4.98 Å². The maximum atomic E-state index is 12.5. The number of para-hydroxylation sites is 2. The summed E-state index contributed by atoms with van der Waals surface area (Å²) in [4.78, 5) is 15.7. The number of aryl methyl sites for hydroxylation is 3. The van der Waals surface area contributed by atoms with Crippen molar-refractivity contribution in [2.24, 2.45) is 0 Å². The molecule has 24 heavy (non-hydrogen) atoms. The lowest BCUT2D eigenvalue weighted by atomic mass is 10.0. The minimum absolute atomic E-state index is 0.0795. The quantitative estimate of drug-likeness (QED) is 0.669. The number of hydrogen-bond acceptors (Lipinski definition) is 1. The number of hydrogen-bond donors (Lipinski definition) is 2. The largest absolute Gasteiger partial charge is 0.361 e. The van der Waals surface area contributed by atoms with Gasteiger partial charge in [-0.2, -0.15) is 0 Å². The fraction of sp³-hybridized carbons (Fsp3) is 0.286. The highest BCUT2D eigenvalue weighted by molar-refractivity contribution is 5.93. The monoisotopic (exact) mass is 320 g/mol. The van der Waals surface area contributed by atoms with Crippen LogP contribution in [0.3, 0.4) is 0 Å². The predicted molar refractivity (Wildman–Crippen MR) is 100 cm³/mol. The van der Waals surface area contributed by atoms with Crippen molar-refractivity contribution in [2.45, 2.75) is 39.5 Å². The van der Waals surface area contributed by atoms with Gasteiger partial charge in [-0.25, -0.2) is 0 Å². The van der Waals surface area contributed by atoms with Crippen LogP contribution in [0.2, 0.25) is 0 Å². The lowest BCUT2D eigenvalue weighted by Crippen LogP contribution is -2.15. The van der Waals surface area contributed by atoms with Crippen LogP contribution in [-0.2, 0) is 24.1 Å². The van der Waals surface area contributed by atoms with Crippen molar-refractivity contribution in [3.05, 3.63) is 65.4 Å². The van der Waals surface area contributed by atoms with E-state index in [9.17, 15) is 4.79 Å². The molecule has 0 radical (unpaired) electrons. The molecule has 3 aromatic rings. The number of fused-ring (bicyclic) bond motifs is 1. The molecule has 1 aromatic heterocycles. The van der Waals surface area contributed by atoms with Crippen LogP contribution in [0.5, 0.6) is 0 Å². The molecule has 0 saturated heterocycles. The maximum absolute atomic E-state index is 12.5. The van der Waals surface area contributed by atoms with Gasteiger partial charge < -0.3 is 10.3 Å². The fourth-order valence-corrected chi connectivity index (χ4v) is 3.19. The Hall–Kier alpha value is -2.55. The zero-order valence-corrected chi connectivity index (χ0v) is 14.4. The summed E-state index contributed by atoms with van der Waals surface area (Å²) in [7, 11) is 0. The summed E-state index contributed by atoms with van der Waals surface area (Å²) in [5.41, 5.74) is 5.73. The first-order chi connectivity index (χ1) is 11.7. The maximum Gasteiger partial charge on any atom is 0.224 e. The summed E-state index contributed by atoms with van der Waals surface area (Å²) in [6, 6.07) is 14.5. The van der Waals surface area contributed by atoms with Crippen LogP contribution >= 0.6 is 0 Å². The van der Waals surface area contributed by atoms with E-state index in [1.807, 2.05) is 18.3 Å². The van der Waals surface area contributed by atoms with Gasteiger partial charge in [-0.1, -0.05) is 50.2 Å². The minimum atomic E-state index is 0.0795. The van der Waals surface area contributed by atoms with E-state index in [2.05, 4.69) is 54.5 Å². The summed E-state index contributed by atoms with van der Waals surface area (Å²) >= 11 is 0. The van der Waals surface area contributed by atoms with E-state index in [0.717, 1.165) is 30.5 Å². The van der Waals surface area contributed by atoms with Crippen LogP contribution < -0.4 is 5.32 Å². The first-order valence-corrected chi connectivity index (χ1v) is 8.68.